The van der Waals surface area contributed by atoms with Crippen molar-refractivity contribution in [1.82, 2.24) is 15.5 Å². The highest BCUT2D eigenvalue weighted by molar-refractivity contribution is 5.78. The Hall–Kier alpha value is -1.12. The third-order valence-corrected chi connectivity index (χ3v) is 4.53. The lowest BCUT2D eigenvalue weighted by atomic mass is 9.91. The molecule has 0 spiro atoms. The zero-order valence-corrected chi connectivity index (χ0v) is 13.7. The summed E-state index contributed by atoms with van der Waals surface area (Å²) >= 11 is 0. The zero-order chi connectivity index (χ0) is 15.7. The second-order valence-electron chi connectivity index (χ2n) is 5.94. The van der Waals surface area contributed by atoms with Gasteiger partial charge in [-0.3, -0.25) is 10.1 Å². The third kappa shape index (κ3) is 5.29. The van der Waals surface area contributed by atoms with Gasteiger partial charge < -0.3 is 10.2 Å². The normalized spacial score (nSPS) is 22.3. The smallest absolute Gasteiger partial charge is 0.224 e. The maximum atomic E-state index is 11.7. The molecule has 1 aliphatic heterocycles. The monoisotopic (exact) mass is 294 g/mol. The molecule has 1 rings (SSSR count). The first kappa shape index (κ1) is 17.9. The van der Waals surface area contributed by atoms with Crippen molar-refractivity contribution in [1.29, 1.82) is 5.26 Å². The van der Waals surface area contributed by atoms with Crippen LogP contribution in [0.5, 0.6) is 0 Å². The minimum atomic E-state index is -0.384. The molecule has 120 valence electrons. The highest BCUT2D eigenvalue weighted by atomic mass is 16.1. The highest BCUT2D eigenvalue weighted by Crippen LogP contribution is 2.20. The number of carbonyl (C=O) groups is 1. The summed E-state index contributed by atoms with van der Waals surface area (Å²) in [4.78, 5) is 14.1. The Morgan fingerprint density at radius 1 is 1.48 bits per heavy atom. The van der Waals surface area contributed by atoms with Crippen molar-refractivity contribution in [3.63, 3.8) is 0 Å². The highest BCUT2D eigenvalue weighted by Gasteiger charge is 2.28. The lowest BCUT2D eigenvalue weighted by molar-refractivity contribution is -0.126. The van der Waals surface area contributed by atoms with Crippen LogP contribution in [0.25, 0.3) is 0 Å². The molecule has 5 heteroatoms. The fraction of sp³-hybridized carbons (Fsp3) is 0.875. The van der Waals surface area contributed by atoms with E-state index in [1.807, 2.05) is 6.92 Å². The lowest BCUT2D eigenvalue weighted by Crippen LogP contribution is -2.45. The summed E-state index contributed by atoms with van der Waals surface area (Å²) in [7, 11) is 1.71. The Bertz CT molecular complexity index is 366. The van der Waals surface area contributed by atoms with Crippen LogP contribution in [0.15, 0.2) is 0 Å². The molecule has 2 atom stereocenters. The Labute approximate surface area is 129 Å². The summed E-state index contributed by atoms with van der Waals surface area (Å²) in [6.07, 6.45) is 4.77. The fourth-order valence-corrected chi connectivity index (χ4v) is 3.18. The maximum absolute atomic E-state index is 11.7. The van der Waals surface area contributed by atoms with Crippen molar-refractivity contribution >= 4 is 5.91 Å². The molecule has 1 amide bonds. The van der Waals surface area contributed by atoms with Gasteiger partial charge in [0.2, 0.25) is 5.91 Å². The molecule has 0 radical (unpaired) electrons. The predicted octanol–water partition coefficient (Wildman–Crippen LogP) is 1.51. The molecule has 1 saturated heterocycles. The molecular weight excluding hydrogens is 264 g/mol. The Morgan fingerprint density at radius 2 is 2.24 bits per heavy atom. The fourth-order valence-electron chi connectivity index (χ4n) is 3.18. The van der Waals surface area contributed by atoms with Crippen LogP contribution >= 0.6 is 0 Å². The van der Waals surface area contributed by atoms with Crippen molar-refractivity contribution in [2.75, 3.05) is 33.2 Å². The van der Waals surface area contributed by atoms with E-state index in [1.54, 1.807) is 7.05 Å². The number of carbonyl (C=O) groups excluding carboxylic acids is 1. The van der Waals surface area contributed by atoms with Crippen molar-refractivity contribution in [3.05, 3.63) is 0 Å². The first-order chi connectivity index (χ1) is 10.1. The molecule has 1 aliphatic rings. The number of hydrogen-bond donors (Lipinski definition) is 2. The second kappa shape index (κ2) is 9.01. The number of likely N-dealkylation sites (tertiary alicyclic amines) is 1. The van der Waals surface area contributed by atoms with Gasteiger partial charge >= 0.3 is 0 Å². The number of rotatable bonds is 8. The number of hydrogen-bond acceptors (Lipinski definition) is 4. The third-order valence-electron chi connectivity index (χ3n) is 4.53. The summed E-state index contributed by atoms with van der Waals surface area (Å²) in [5, 5.41) is 15.5. The number of amides is 1. The SMILES string of the molecule is CCNC(C#N)(CC)CCCN1CCCC(C(=O)NC)C1. The summed E-state index contributed by atoms with van der Waals surface area (Å²) < 4.78 is 0. The van der Waals surface area contributed by atoms with Crippen LogP contribution in [0.3, 0.4) is 0 Å². The van der Waals surface area contributed by atoms with E-state index < -0.39 is 0 Å². The van der Waals surface area contributed by atoms with Crippen LogP contribution in [0.1, 0.15) is 46.0 Å². The van der Waals surface area contributed by atoms with Crippen LogP contribution in [0.2, 0.25) is 0 Å². The quantitative estimate of drug-likeness (QED) is 0.712. The number of nitrogens with one attached hydrogen (secondary N) is 2. The zero-order valence-electron chi connectivity index (χ0n) is 13.7. The Morgan fingerprint density at radius 3 is 2.81 bits per heavy atom. The average Bonchev–Trinajstić information content (AvgIpc) is 2.53. The van der Waals surface area contributed by atoms with E-state index in [2.05, 4.69) is 28.5 Å². The van der Waals surface area contributed by atoms with E-state index >= 15 is 0 Å². The van der Waals surface area contributed by atoms with Gasteiger partial charge in [-0.2, -0.15) is 5.26 Å². The van der Waals surface area contributed by atoms with E-state index in [4.69, 9.17) is 0 Å². The summed E-state index contributed by atoms with van der Waals surface area (Å²) in [5.74, 6) is 0.289. The number of nitriles is 1. The first-order valence-corrected chi connectivity index (χ1v) is 8.21. The Balaban J connectivity index is 2.41. The molecule has 21 heavy (non-hydrogen) atoms. The van der Waals surface area contributed by atoms with Crippen LogP contribution in [0, 0.1) is 17.2 Å². The van der Waals surface area contributed by atoms with E-state index in [0.29, 0.717) is 0 Å². The molecule has 2 N–H and O–H groups in total. The van der Waals surface area contributed by atoms with E-state index in [0.717, 1.165) is 58.3 Å². The molecule has 2 unspecified atom stereocenters. The van der Waals surface area contributed by atoms with Crippen LogP contribution in [-0.4, -0.2) is 49.6 Å². The van der Waals surface area contributed by atoms with Gasteiger partial charge in [-0.15, -0.1) is 0 Å². The molecule has 0 aromatic heterocycles. The van der Waals surface area contributed by atoms with Crippen LogP contribution in [0.4, 0.5) is 0 Å². The number of piperidine rings is 1. The molecule has 0 bridgehead atoms. The van der Waals surface area contributed by atoms with Gasteiger partial charge in [0.25, 0.3) is 0 Å². The maximum Gasteiger partial charge on any atom is 0.224 e. The Kier molecular flexibility index (Phi) is 7.69. The first-order valence-electron chi connectivity index (χ1n) is 8.21. The summed E-state index contributed by atoms with van der Waals surface area (Å²) in [6.45, 7) is 7.83. The minimum Gasteiger partial charge on any atom is -0.359 e. The van der Waals surface area contributed by atoms with E-state index in [9.17, 15) is 10.1 Å². The van der Waals surface area contributed by atoms with E-state index in [-0.39, 0.29) is 17.4 Å². The van der Waals surface area contributed by atoms with Gasteiger partial charge in [0, 0.05) is 13.6 Å². The second-order valence-corrected chi connectivity index (χ2v) is 5.94. The minimum absolute atomic E-state index is 0.129. The van der Waals surface area contributed by atoms with Gasteiger partial charge in [-0.25, -0.2) is 0 Å². The van der Waals surface area contributed by atoms with Crippen molar-refractivity contribution < 1.29 is 4.79 Å². The molecule has 1 heterocycles. The standard InChI is InChI=1S/C16H30N4O/c1-4-16(13-17,19-5-2)9-7-11-20-10-6-8-14(12-20)15(21)18-3/h14,19H,4-12H2,1-3H3,(H,18,21). The van der Waals surface area contributed by atoms with Gasteiger partial charge in [-0.1, -0.05) is 13.8 Å². The summed E-state index contributed by atoms with van der Waals surface area (Å²) in [6, 6.07) is 2.45. The van der Waals surface area contributed by atoms with Gasteiger partial charge in [0.1, 0.15) is 5.54 Å². The van der Waals surface area contributed by atoms with Crippen LogP contribution < -0.4 is 10.6 Å². The van der Waals surface area contributed by atoms with Crippen LogP contribution in [-0.2, 0) is 4.79 Å². The molecule has 0 saturated carbocycles. The molecule has 0 aromatic carbocycles. The van der Waals surface area contributed by atoms with Crippen molar-refractivity contribution in [2.45, 2.75) is 51.5 Å². The molecular formula is C16H30N4O. The predicted molar refractivity (Wildman–Crippen MR) is 84.8 cm³/mol. The van der Waals surface area contributed by atoms with Crippen molar-refractivity contribution in [3.8, 4) is 6.07 Å². The summed E-state index contributed by atoms with van der Waals surface area (Å²) in [5.41, 5.74) is -0.384. The van der Waals surface area contributed by atoms with Gasteiger partial charge in [0.15, 0.2) is 0 Å². The van der Waals surface area contributed by atoms with Gasteiger partial charge in [0.05, 0.1) is 12.0 Å². The van der Waals surface area contributed by atoms with Gasteiger partial charge in [-0.05, 0) is 51.7 Å². The molecule has 0 aromatic rings. The van der Waals surface area contributed by atoms with E-state index in [1.165, 1.54) is 0 Å². The topological polar surface area (TPSA) is 68.2 Å². The molecule has 5 nitrogen and oxygen atoms in total. The molecule has 0 aliphatic carbocycles. The average molecular weight is 294 g/mol. The lowest BCUT2D eigenvalue weighted by Gasteiger charge is -2.33. The number of nitrogens with zero attached hydrogens (tertiary/aromatic N) is 2. The van der Waals surface area contributed by atoms with Crippen molar-refractivity contribution in [2.24, 2.45) is 5.92 Å². The largest absolute Gasteiger partial charge is 0.359 e. The molecule has 1 fully saturated rings.